The minimum absolute atomic E-state index is 0.223. The van der Waals surface area contributed by atoms with Gasteiger partial charge in [0.2, 0.25) is 0 Å². The van der Waals surface area contributed by atoms with Crippen molar-refractivity contribution >= 4 is 6.21 Å². The van der Waals surface area contributed by atoms with Gasteiger partial charge in [0, 0.05) is 12.0 Å². The third kappa shape index (κ3) is 4.63. The van der Waals surface area contributed by atoms with E-state index in [2.05, 4.69) is 10.1 Å². The van der Waals surface area contributed by atoms with Gasteiger partial charge in [-0.3, -0.25) is 0 Å². The van der Waals surface area contributed by atoms with E-state index in [0.29, 0.717) is 29.5 Å². The summed E-state index contributed by atoms with van der Waals surface area (Å²) in [5.41, 5.74) is 2.59. The monoisotopic (exact) mass is 352 g/mol. The third-order valence-corrected chi connectivity index (χ3v) is 3.71. The highest BCUT2D eigenvalue weighted by Gasteiger charge is 2.06. The van der Waals surface area contributed by atoms with Crippen LogP contribution in [0.1, 0.15) is 22.7 Å². The first-order valence-corrected chi connectivity index (χ1v) is 8.13. The Morgan fingerprint density at radius 3 is 2.69 bits per heavy atom. The molecule has 0 aliphatic heterocycles. The average Bonchev–Trinajstić information content (AvgIpc) is 3.13. The van der Waals surface area contributed by atoms with Crippen LogP contribution in [0.4, 0.5) is 0 Å². The molecule has 0 spiro atoms. The molecule has 0 fully saturated rings. The summed E-state index contributed by atoms with van der Waals surface area (Å²) in [6.45, 7) is 0.223. The molecule has 0 saturated carbocycles. The molecule has 1 aromatic heterocycles. The highest BCUT2D eigenvalue weighted by atomic mass is 16.6. The van der Waals surface area contributed by atoms with Crippen molar-refractivity contribution in [1.29, 1.82) is 0 Å². The average molecular weight is 352 g/mol. The number of aromatic nitrogens is 1. The van der Waals surface area contributed by atoms with Crippen LogP contribution in [-0.2, 0) is 17.9 Å². The van der Waals surface area contributed by atoms with Crippen molar-refractivity contribution in [3.8, 4) is 11.5 Å². The first-order valence-electron chi connectivity index (χ1n) is 8.13. The predicted molar refractivity (Wildman–Crippen MR) is 97.7 cm³/mol. The lowest BCUT2D eigenvalue weighted by Gasteiger charge is -2.06. The number of benzene rings is 2. The zero-order chi connectivity index (χ0) is 18.2. The molecule has 0 bridgehead atoms. The summed E-state index contributed by atoms with van der Waals surface area (Å²) in [6.07, 6.45) is 3.80. The molecule has 0 unspecified atom stereocenters. The molecule has 0 atom stereocenters. The highest BCUT2D eigenvalue weighted by Crippen LogP contribution is 2.22. The van der Waals surface area contributed by atoms with Gasteiger partial charge in [0.1, 0.15) is 23.5 Å². The van der Waals surface area contributed by atoms with E-state index in [1.165, 1.54) is 0 Å². The molecule has 1 heterocycles. The largest absolute Gasteiger partial charge is 0.497 e. The molecule has 0 aliphatic carbocycles. The summed E-state index contributed by atoms with van der Waals surface area (Å²) in [6, 6.07) is 15.5. The van der Waals surface area contributed by atoms with Crippen LogP contribution < -0.4 is 9.47 Å². The molecule has 6 heteroatoms. The number of nitrogens with zero attached hydrogens (tertiary/aromatic N) is 2. The SMILES string of the molecule is COc1ccc(OC)c(/C=N/OCc2coc(Cc3ccccc3)n2)c1. The molecule has 2 aromatic carbocycles. The van der Waals surface area contributed by atoms with Gasteiger partial charge in [-0.2, -0.15) is 0 Å². The summed E-state index contributed by atoms with van der Waals surface area (Å²) in [4.78, 5) is 9.71. The van der Waals surface area contributed by atoms with Crippen molar-refractivity contribution in [1.82, 2.24) is 4.98 Å². The second kappa shape index (κ2) is 8.71. The zero-order valence-electron chi connectivity index (χ0n) is 14.7. The Morgan fingerprint density at radius 1 is 1.08 bits per heavy atom. The van der Waals surface area contributed by atoms with Gasteiger partial charge >= 0.3 is 0 Å². The normalized spacial score (nSPS) is 10.8. The maximum Gasteiger partial charge on any atom is 0.198 e. The quantitative estimate of drug-likeness (QED) is 0.455. The van der Waals surface area contributed by atoms with E-state index >= 15 is 0 Å². The van der Waals surface area contributed by atoms with Crippen LogP contribution in [-0.4, -0.2) is 25.4 Å². The fraction of sp³-hybridized carbons (Fsp3) is 0.200. The van der Waals surface area contributed by atoms with Crippen molar-refractivity contribution in [3.63, 3.8) is 0 Å². The standard InChI is InChI=1S/C20H20N2O4/c1-23-18-8-9-19(24-2)16(11-18)12-21-26-14-17-13-25-20(22-17)10-15-6-4-3-5-7-15/h3-9,11-13H,10,14H2,1-2H3/b21-12+. The first kappa shape index (κ1) is 17.5. The molecule has 0 N–H and O–H groups in total. The van der Waals surface area contributed by atoms with Crippen LogP contribution in [0.15, 0.2) is 64.4 Å². The molecular formula is C20H20N2O4. The number of methoxy groups -OCH3 is 2. The van der Waals surface area contributed by atoms with E-state index in [9.17, 15) is 0 Å². The van der Waals surface area contributed by atoms with E-state index in [0.717, 1.165) is 11.1 Å². The Hall–Kier alpha value is -3.28. The van der Waals surface area contributed by atoms with Gasteiger partial charge in [0.15, 0.2) is 12.5 Å². The Kier molecular flexibility index (Phi) is 5.88. The maximum atomic E-state index is 5.47. The number of ether oxygens (including phenoxy) is 2. The second-order valence-electron chi connectivity index (χ2n) is 5.51. The van der Waals surface area contributed by atoms with Crippen molar-refractivity contribution in [2.75, 3.05) is 14.2 Å². The molecule has 0 aliphatic rings. The van der Waals surface area contributed by atoms with Crippen molar-refractivity contribution in [3.05, 3.63) is 77.5 Å². The van der Waals surface area contributed by atoms with E-state index in [1.54, 1.807) is 26.7 Å². The molecule has 3 aromatic rings. The van der Waals surface area contributed by atoms with Gasteiger partial charge in [-0.15, -0.1) is 0 Å². The van der Waals surface area contributed by atoms with E-state index < -0.39 is 0 Å². The van der Waals surface area contributed by atoms with Crippen molar-refractivity contribution < 1.29 is 18.7 Å². The third-order valence-electron chi connectivity index (χ3n) is 3.71. The number of oxime groups is 1. The van der Waals surface area contributed by atoms with Crippen LogP contribution in [0.25, 0.3) is 0 Å². The Balaban J connectivity index is 1.56. The topological polar surface area (TPSA) is 66.1 Å². The van der Waals surface area contributed by atoms with Gasteiger partial charge in [0.05, 0.1) is 20.4 Å². The van der Waals surface area contributed by atoms with Gasteiger partial charge in [-0.25, -0.2) is 4.98 Å². The first-order chi connectivity index (χ1) is 12.8. The molecular weight excluding hydrogens is 332 g/mol. The summed E-state index contributed by atoms with van der Waals surface area (Å²) < 4.78 is 16.0. The van der Waals surface area contributed by atoms with Gasteiger partial charge in [-0.1, -0.05) is 35.5 Å². The van der Waals surface area contributed by atoms with Crippen LogP contribution in [0, 0.1) is 0 Å². The van der Waals surface area contributed by atoms with Gasteiger partial charge in [0.25, 0.3) is 0 Å². The molecule has 3 rings (SSSR count). The molecule has 0 saturated heterocycles. The summed E-state index contributed by atoms with van der Waals surface area (Å²) in [5, 5.41) is 3.97. The lowest BCUT2D eigenvalue weighted by atomic mass is 10.1. The molecule has 26 heavy (non-hydrogen) atoms. The maximum absolute atomic E-state index is 5.47. The number of hydrogen-bond acceptors (Lipinski definition) is 6. The number of rotatable bonds is 8. The van der Waals surface area contributed by atoms with E-state index in [-0.39, 0.29) is 6.61 Å². The molecule has 0 radical (unpaired) electrons. The van der Waals surface area contributed by atoms with E-state index in [1.807, 2.05) is 48.5 Å². The highest BCUT2D eigenvalue weighted by molar-refractivity contribution is 5.83. The summed E-state index contributed by atoms with van der Waals surface area (Å²) in [5.74, 6) is 2.05. The van der Waals surface area contributed by atoms with Crippen LogP contribution in [0.2, 0.25) is 0 Å². The van der Waals surface area contributed by atoms with Gasteiger partial charge < -0.3 is 18.7 Å². The fourth-order valence-corrected chi connectivity index (χ4v) is 2.40. The van der Waals surface area contributed by atoms with Crippen LogP contribution in [0.5, 0.6) is 11.5 Å². The summed E-state index contributed by atoms with van der Waals surface area (Å²) in [7, 11) is 3.21. The number of hydrogen-bond donors (Lipinski definition) is 0. The molecule has 134 valence electrons. The second-order valence-corrected chi connectivity index (χ2v) is 5.51. The van der Waals surface area contributed by atoms with E-state index in [4.69, 9.17) is 18.7 Å². The van der Waals surface area contributed by atoms with Crippen LogP contribution in [0.3, 0.4) is 0 Å². The van der Waals surface area contributed by atoms with Crippen molar-refractivity contribution in [2.45, 2.75) is 13.0 Å². The van der Waals surface area contributed by atoms with Crippen molar-refractivity contribution in [2.24, 2.45) is 5.16 Å². The summed E-state index contributed by atoms with van der Waals surface area (Å²) >= 11 is 0. The smallest absolute Gasteiger partial charge is 0.198 e. The zero-order valence-corrected chi connectivity index (χ0v) is 14.7. The van der Waals surface area contributed by atoms with Crippen LogP contribution >= 0.6 is 0 Å². The number of oxazole rings is 1. The predicted octanol–water partition coefficient (Wildman–Crippen LogP) is 3.83. The van der Waals surface area contributed by atoms with Gasteiger partial charge in [-0.05, 0) is 23.8 Å². The Bertz CT molecular complexity index is 859. The fourth-order valence-electron chi connectivity index (χ4n) is 2.40. The Morgan fingerprint density at radius 2 is 1.92 bits per heavy atom. The minimum Gasteiger partial charge on any atom is -0.497 e. The Labute approximate surface area is 152 Å². The lowest BCUT2D eigenvalue weighted by molar-refractivity contribution is 0.129. The molecule has 6 nitrogen and oxygen atoms in total. The minimum atomic E-state index is 0.223. The lowest BCUT2D eigenvalue weighted by Crippen LogP contribution is -1.94. The molecule has 0 amide bonds.